The van der Waals surface area contributed by atoms with E-state index in [1.807, 2.05) is 54.6 Å². The summed E-state index contributed by atoms with van der Waals surface area (Å²) in [7, 11) is 0. The largest absolute Gasteiger partial charge is 0.360 e. The second-order valence-electron chi connectivity index (χ2n) is 5.65. The molecule has 0 unspecified atom stereocenters. The molecule has 1 N–H and O–H groups in total. The number of anilines is 2. The van der Waals surface area contributed by atoms with Crippen LogP contribution in [0.1, 0.15) is 22.1 Å². The van der Waals surface area contributed by atoms with Gasteiger partial charge in [-0.05, 0) is 42.0 Å². The molecular weight excluding hydrogens is 303 g/mol. The highest BCUT2D eigenvalue weighted by atomic mass is 19.1. The second kappa shape index (κ2) is 5.81. The van der Waals surface area contributed by atoms with E-state index in [1.54, 1.807) is 17.0 Å². The Morgan fingerprint density at radius 1 is 0.833 bits per heavy atom. The van der Waals surface area contributed by atoms with Crippen LogP contribution in [-0.4, -0.2) is 5.91 Å². The summed E-state index contributed by atoms with van der Waals surface area (Å²) < 4.78 is 13.3. The number of carbonyl (C=O) groups excluding carboxylic acids is 1. The normalized spacial score (nSPS) is 16.5. The minimum absolute atomic E-state index is 0.0788. The first-order valence-corrected chi connectivity index (χ1v) is 7.74. The maximum atomic E-state index is 13.3. The topological polar surface area (TPSA) is 32.3 Å². The van der Waals surface area contributed by atoms with Gasteiger partial charge >= 0.3 is 0 Å². The fraction of sp³-hybridized carbons (Fsp3) is 0.0500. The van der Waals surface area contributed by atoms with Crippen molar-refractivity contribution in [3.05, 3.63) is 95.8 Å². The fourth-order valence-electron chi connectivity index (χ4n) is 2.99. The predicted molar refractivity (Wildman–Crippen MR) is 92.5 cm³/mol. The van der Waals surface area contributed by atoms with Crippen LogP contribution >= 0.6 is 0 Å². The zero-order valence-corrected chi connectivity index (χ0v) is 12.8. The number of amides is 1. The molecule has 0 saturated carbocycles. The number of benzene rings is 3. The summed E-state index contributed by atoms with van der Waals surface area (Å²) in [6, 6.07) is 23.1. The molecular formula is C20H15FN2O. The molecule has 3 aromatic rings. The van der Waals surface area contributed by atoms with E-state index in [-0.39, 0.29) is 11.7 Å². The highest BCUT2D eigenvalue weighted by Crippen LogP contribution is 2.36. The van der Waals surface area contributed by atoms with Gasteiger partial charge in [0.25, 0.3) is 5.91 Å². The predicted octanol–water partition coefficient (Wildman–Crippen LogP) is 4.60. The molecule has 0 aliphatic carbocycles. The molecule has 1 aliphatic rings. The molecule has 1 heterocycles. The lowest BCUT2D eigenvalue weighted by molar-refractivity contribution is 0.0975. The number of hydrogen-bond donors (Lipinski definition) is 1. The molecule has 0 radical (unpaired) electrons. The molecule has 0 aromatic heterocycles. The van der Waals surface area contributed by atoms with Gasteiger partial charge in [-0.2, -0.15) is 0 Å². The summed E-state index contributed by atoms with van der Waals surface area (Å²) in [5, 5.41) is 3.39. The first kappa shape index (κ1) is 14.5. The third-order valence-electron chi connectivity index (χ3n) is 4.15. The van der Waals surface area contributed by atoms with Gasteiger partial charge in [0.1, 0.15) is 12.0 Å². The monoisotopic (exact) mass is 318 g/mol. The Kier molecular flexibility index (Phi) is 3.50. The third kappa shape index (κ3) is 2.42. The van der Waals surface area contributed by atoms with E-state index >= 15 is 0 Å². The van der Waals surface area contributed by atoms with E-state index in [0.717, 1.165) is 16.9 Å². The summed E-state index contributed by atoms with van der Waals surface area (Å²) in [4.78, 5) is 14.8. The molecule has 4 rings (SSSR count). The molecule has 1 aliphatic heterocycles. The van der Waals surface area contributed by atoms with E-state index in [1.165, 1.54) is 12.1 Å². The summed E-state index contributed by atoms with van der Waals surface area (Å²) in [6.07, 6.45) is -0.393. The van der Waals surface area contributed by atoms with Gasteiger partial charge in [-0.15, -0.1) is 0 Å². The van der Waals surface area contributed by atoms with E-state index in [2.05, 4.69) is 5.32 Å². The van der Waals surface area contributed by atoms with Crippen LogP contribution in [0.15, 0.2) is 78.9 Å². The van der Waals surface area contributed by atoms with E-state index < -0.39 is 6.17 Å². The lowest BCUT2D eigenvalue weighted by Gasteiger charge is -2.38. The van der Waals surface area contributed by atoms with Gasteiger partial charge in [0.2, 0.25) is 0 Å². The Labute approximate surface area is 139 Å². The van der Waals surface area contributed by atoms with Crippen LogP contribution in [0.25, 0.3) is 0 Å². The van der Waals surface area contributed by atoms with Crippen molar-refractivity contribution < 1.29 is 9.18 Å². The van der Waals surface area contributed by atoms with Crippen LogP contribution in [-0.2, 0) is 0 Å². The van der Waals surface area contributed by atoms with Gasteiger partial charge in [0.15, 0.2) is 0 Å². The number of carbonyl (C=O) groups is 1. The van der Waals surface area contributed by atoms with E-state index in [4.69, 9.17) is 0 Å². The number of nitrogens with zero attached hydrogens (tertiary/aromatic N) is 1. The van der Waals surface area contributed by atoms with Crippen LogP contribution < -0.4 is 10.2 Å². The smallest absolute Gasteiger partial charge is 0.262 e. The Bertz CT molecular complexity index is 878. The maximum absolute atomic E-state index is 13.3. The second-order valence-corrected chi connectivity index (χ2v) is 5.65. The first-order chi connectivity index (χ1) is 11.7. The zero-order chi connectivity index (χ0) is 16.5. The van der Waals surface area contributed by atoms with Gasteiger partial charge in [0, 0.05) is 11.4 Å². The van der Waals surface area contributed by atoms with Crippen molar-refractivity contribution >= 4 is 17.3 Å². The molecule has 3 nitrogen and oxygen atoms in total. The summed E-state index contributed by atoms with van der Waals surface area (Å²) in [5.41, 5.74) is 3.02. The van der Waals surface area contributed by atoms with Crippen molar-refractivity contribution in [3.63, 3.8) is 0 Å². The number of rotatable bonds is 2. The zero-order valence-electron chi connectivity index (χ0n) is 12.8. The molecule has 4 heteroatoms. The van der Waals surface area contributed by atoms with Crippen LogP contribution in [0.5, 0.6) is 0 Å². The minimum Gasteiger partial charge on any atom is -0.360 e. The van der Waals surface area contributed by atoms with Gasteiger partial charge in [-0.1, -0.05) is 42.5 Å². The van der Waals surface area contributed by atoms with Crippen molar-refractivity contribution in [2.24, 2.45) is 0 Å². The molecule has 1 amide bonds. The molecule has 118 valence electrons. The van der Waals surface area contributed by atoms with Crippen LogP contribution in [0.3, 0.4) is 0 Å². The van der Waals surface area contributed by atoms with Crippen molar-refractivity contribution in [1.29, 1.82) is 0 Å². The average Bonchev–Trinajstić information content (AvgIpc) is 2.63. The SMILES string of the molecule is O=C1c2ccccc2N[C@H](c2ccc(F)cc2)N1c1ccccc1. The van der Waals surface area contributed by atoms with Gasteiger partial charge in [0.05, 0.1) is 5.56 Å². The third-order valence-corrected chi connectivity index (χ3v) is 4.15. The lowest BCUT2D eigenvalue weighted by atomic mass is 10.0. The van der Waals surface area contributed by atoms with Crippen LogP contribution in [0, 0.1) is 5.82 Å². The van der Waals surface area contributed by atoms with Crippen LogP contribution in [0.4, 0.5) is 15.8 Å². The van der Waals surface area contributed by atoms with Crippen molar-refractivity contribution in [2.75, 3.05) is 10.2 Å². The fourth-order valence-corrected chi connectivity index (χ4v) is 2.99. The minimum atomic E-state index is -0.393. The lowest BCUT2D eigenvalue weighted by Crippen LogP contribution is -2.43. The van der Waals surface area contributed by atoms with Gasteiger partial charge < -0.3 is 5.32 Å². The molecule has 0 spiro atoms. The Balaban J connectivity index is 1.86. The highest BCUT2D eigenvalue weighted by molar-refractivity contribution is 6.12. The number of halogens is 1. The molecule has 0 bridgehead atoms. The summed E-state index contributed by atoms with van der Waals surface area (Å²) >= 11 is 0. The summed E-state index contributed by atoms with van der Waals surface area (Å²) in [5.74, 6) is -0.377. The Morgan fingerprint density at radius 2 is 1.50 bits per heavy atom. The standard InChI is InChI=1S/C20H15FN2O/c21-15-12-10-14(11-13-15)19-22-18-9-5-4-8-17(18)20(24)23(19)16-6-2-1-3-7-16/h1-13,19,22H/t19-/m0/s1. The quantitative estimate of drug-likeness (QED) is 0.749. The molecule has 0 saturated heterocycles. The van der Waals surface area contributed by atoms with E-state index in [9.17, 15) is 9.18 Å². The number of para-hydroxylation sites is 2. The maximum Gasteiger partial charge on any atom is 0.262 e. The Morgan fingerprint density at radius 3 is 2.25 bits per heavy atom. The van der Waals surface area contributed by atoms with Crippen molar-refractivity contribution in [2.45, 2.75) is 6.17 Å². The Hall–Kier alpha value is -3.14. The number of hydrogen-bond acceptors (Lipinski definition) is 2. The van der Waals surface area contributed by atoms with Crippen molar-refractivity contribution in [3.8, 4) is 0 Å². The van der Waals surface area contributed by atoms with E-state index in [0.29, 0.717) is 5.56 Å². The molecule has 0 fully saturated rings. The molecule has 3 aromatic carbocycles. The number of fused-ring (bicyclic) bond motifs is 1. The summed E-state index contributed by atoms with van der Waals surface area (Å²) in [6.45, 7) is 0. The molecule has 24 heavy (non-hydrogen) atoms. The highest BCUT2D eigenvalue weighted by Gasteiger charge is 2.33. The number of nitrogens with one attached hydrogen (secondary N) is 1. The van der Waals surface area contributed by atoms with Gasteiger partial charge in [-0.3, -0.25) is 9.69 Å². The van der Waals surface area contributed by atoms with Crippen LogP contribution in [0.2, 0.25) is 0 Å². The van der Waals surface area contributed by atoms with Crippen molar-refractivity contribution in [1.82, 2.24) is 0 Å². The average molecular weight is 318 g/mol. The first-order valence-electron chi connectivity index (χ1n) is 7.74. The molecule has 1 atom stereocenters. The van der Waals surface area contributed by atoms with Gasteiger partial charge in [-0.25, -0.2) is 4.39 Å².